The van der Waals surface area contributed by atoms with Crippen LogP contribution < -0.4 is 5.32 Å². The van der Waals surface area contributed by atoms with Gasteiger partial charge in [-0.25, -0.2) is 9.97 Å². The largest absolute Gasteiger partial charge is 0.381 e. The minimum atomic E-state index is -0.342. The molecule has 1 aliphatic heterocycles. The van der Waals surface area contributed by atoms with Crippen LogP contribution in [-0.4, -0.2) is 54.0 Å². The minimum Gasteiger partial charge on any atom is -0.381 e. The van der Waals surface area contributed by atoms with E-state index in [0.29, 0.717) is 17.5 Å². The number of aromatic amines is 1. The first-order valence-electron chi connectivity index (χ1n) is 15.1. The van der Waals surface area contributed by atoms with Crippen molar-refractivity contribution in [3.63, 3.8) is 0 Å². The van der Waals surface area contributed by atoms with Crippen LogP contribution >= 0.6 is 0 Å². The maximum atomic E-state index is 13.1. The standard InChI is InChI=1S/C32H36N8O3/c1-32(2,3)31-38-30(43-39-31)29(41)35-25-7-5-4-6-19-16-20(8-9-23(19)25)24-10-13-33-28-26(24)36-27(37-28)21-17-34-40(18-21)22-11-14-42-15-12-22/h8-10,13,16-18,22,25H,4-7,11-12,14-15H2,1-3H3,(H,35,41)(H,33,36,37). The molecule has 2 aliphatic rings. The molecule has 1 saturated heterocycles. The van der Waals surface area contributed by atoms with Crippen molar-refractivity contribution in [1.29, 1.82) is 0 Å². The highest BCUT2D eigenvalue weighted by molar-refractivity contribution is 5.92. The monoisotopic (exact) mass is 580 g/mol. The average Bonchev–Trinajstić information content (AvgIpc) is 3.76. The van der Waals surface area contributed by atoms with E-state index in [0.717, 1.165) is 85.3 Å². The van der Waals surface area contributed by atoms with Crippen molar-refractivity contribution in [3.05, 3.63) is 65.7 Å². The zero-order chi connectivity index (χ0) is 29.6. The summed E-state index contributed by atoms with van der Waals surface area (Å²) in [5.74, 6) is 0.926. The molecule has 43 heavy (non-hydrogen) atoms. The Morgan fingerprint density at radius 3 is 2.74 bits per heavy atom. The van der Waals surface area contributed by atoms with Crippen molar-refractivity contribution in [2.24, 2.45) is 0 Å². The van der Waals surface area contributed by atoms with E-state index < -0.39 is 0 Å². The molecule has 11 heteroatoms. The van der Waals surface area contributed by atoms with Gasteiger partial charge in [-0.05, 0) is 54.9 Å². The van der Waals surface area contributed by atoms with Gasteiger partial charge in [0.05, 0.1) is 29.4 Å². The van der Waals surface area contributed by atoms with E-state index in [-0.39, 0.29) is 23.3 Å². The van der Waals surface area contributed by atoms with Gasteiger partial charge in [-0.3, -0.25) is 9.48 Å². The Morgan fingerprint density at radius 1 is 1.07 bits per heavy atom. The van der Waals surface area contributed by atoms with Crippen LogP contribution in [0.1, 0.15) is 92.6 Å². The maximum absolute atomic E-state index is 13.1. The number of H-pyrrole nitrogens is 1. The Bertz CT molecular complexity index is 1770. The summed E-state index contributed by atoms with van der Waals surface area (Å²) < 4.78 is 12.8. The van der Waals surface area contributed by atoms with Gasteiger partial charge in [0.25, 0.3) is 0 Å². The lowest BCUT2D eigenvalue weighted by atomic mass is 9.94. The smallest absolute Gasteiger partial charge is 0.315 e. The zero-order valence-electron chi connectivity index (χ0n) is 24.8. The van der Waals surface area contributed by atoms with Crippen LogP contribution in [0.15, 0.2) is 47.4 Å². The zero-order valence-corrected chi connectivity index (χ0v) is 24.8. The van der Waals surface area contributed by atoms with Gasteiger partial charge >= 0.3 is 11.8 Å². The number of aryl methyl sites for hydroxylation is 1. The quantitative estimate of drug-likeness (QED) is 0.252. The molecule has 0 bridgehead atoms. The minimum absolute atomic E-state index is 0.000121. The van der Waals surface area contributed by atoms with Crippen LogP contribution in [-0.2, 0) is 16.6 Å². The van der Waals surface area contributed by atoms with E-state index in [2.05, 4.69) is 54.9 Å². The van der Waals surface area contributed by atoms with Crippen LogP contribution in [0.2, 0.25) is 0 Å². The Balaban J connectivity index is 1.16. The number of carbonyl (C=O) groups is 1. The van der Waals surface area contributed by atoms with E-state index in [1.165, 1.54) is 5.56 Å². The predicted octanol–water partition coefficient (Wildman–Crippen LogP) is 5.72. The molecule has 1 unspecified atom stereocenters. The van der Waals surface area contributed by atoms with Gasteiger partial charge in [0.1, 0.15) is 5.82 Å². The van der Waals surface area contributed by atoms with Crippen molar-refractivity contribution < 1.29 is 14.1 Å². The molecule has 5 heterocycles. The van der Waals surface area contributed by atoms with E-state index in [1.807, 2.05) is 37.7 Å². The second kappa shape index (κ2) is 11.0. The van der Waals surface area contributed by atoms with Gasteiger partial charge in [0.15, 0.2) is 11.5 Å². The molecule has 1 atom stereocenters. The molecular weight excluding hydrogens is 544 g/mol. The Morgan fingerprint density at radius 2 is 1.93 bits per heavy atom. The summed E-state index contributed by atoms with van der Waals surface area (Å²) in [6.45, 7) is 7.50. The number of benzene rings is 1. The summed E-state index contributed by atoms with van der Waals surface area (Å²) >= 11 is 0. The summed E-state index contributed by atoms with van der Waals surface area (Å²) in [7, 11) is 0. The fourth-order valence-electron chi connectivity index (χ4n) is 6.04. The number of nitrogens with one attached hydrogen (secondary N) is 2. The topological polar surface area (TPSA) is 137 Å². The molecule has 1 fully saturated rings. The van der Waals surface area contributed by atoms with Crippen LogP contribution in [0, 0.1) is 0 Å². The fraction of sp³-hybridized carbons (Fsp3) is 0.438. The number of amides is 1. The Labute approximate surface area is 249 Å². The molecule has 1 aliphatic carbocycles. The predicted molar refractivity (Wildman–Crippen MR) is 160 cm³/mol. The number of aromatic nitrogens is 7. The highest BCUT2D eigenvalue weighted by Crippen LogP contribution is 2.35. The molecule has 1 amide bonds. The average molecular weight is 581 g/mol. The molecule has 4 aromatic heterocycles. The number of hydrogen-bond donors (Lipinski definition) is 2. The van der Waals surface area contributed by atoms with E-state index in [9.17, 15) is 4.79 Å². The molecule has 5 aromatic rings. The summed E-state index contributed by atoms with van der Waals surface area (Å²) in [6, 6.07) is 8.73. The third-order valence-corrected chi connectivity index (χ3v) is 8.45. The number of rotatable bonds is 5. The third kappa shape index (κ3) is 5.45. The molecule has 0 saturated carbocycles. The number of fused-ring (bicyclic) bond motifs is 2. The maximum Gasteiger partial charge on any atom is 0.315 e. The van der Waals surface area contributed by atoms with Crippen LogP contribution in [0.4, 0.5) is 0 Å². The van der Waals surface area contributed by atoms with Crippen molar-refractivity contribution >= 4 is 17.1 Å². The second-order valence-electron chi connectivity index (χ2n) is 12.6. The summed E-state index contributed by atoms with van der Waals surface area (Å²) in [6.07, 6.45) is 11.5. The number of nitrogens with zero attached hydrogens (tertiary/aromatic N) is 6. The lowest BCUT2D eigenvalue weighted by Crippen LogP contribution is -2.29. The lowest BCUT2D eigenvalue weighted by molar-refractivity contribution is 0.0662. The van der Waals surface area contributed by atoms with Crippen molar-refractivity contribution in [3.8, 4) is 22.5 Å². The lowest BCUT2D eigenvalue weighted by Gasteiger charge is -2.22. The molecule has 0 radical (unpaired) electrons. The summed E-state index contributed by atoms with van der Waals surface area (Å²) in [4.78, 5) is 30.3. The molecule has 11 nitrogen and oxygen atoms in total. The van der Waals surface area contributed by atoms with Gasteiger partial charge < -0.3 is 19.6 Å². The SMILES string of the molecule is CC(C)(C)c1noc(C(=O)NC2CCCCc3cc(-c4ccnc5nc(-c6cnn(C7CCOCC7)c6)[nH]c45)ccc32)n1. The van der Waals surface area contributed by atoms with E-state index in [4.69, 9.17) is 14.2 Å². The second-order valence-corrected chi connectivity index (χ2v) is 12.6. The number of hydrogen-bond acceptors (Lipinski definition) is 8. The van der Waals surface area contributed by atoms with Gasteiger partial charge in [-0.2, -0.15) is 10.1 Å². The molecular formula is C32H36N8O3. The Kier molecular flexibility index (Phi) is 7.04. The molecule has 222 valence electrons. The number of pyridine rings is 1. The van der Waals surface area contributed by atoms with Gasteiger partial charge in [0, 0.05) is 36.6 Å². The Hall–Kier alpha value is -4.38. The van der Waals surface area contributed by atoms with Crippen LogP contribution in [0.25, 0.3) is 33.7 Å². The first-order chi connectivity index (χ1) is 20.8. The van der Waals surface area contributed by atoms with Gasteiger partial charge in [0.2, 0.25) is 0 Å². The molecule has 1 aromatic carbocycles. The first-order valence-corrected chi connectivity index (χ1v) is 15.1. The van der Waals surface area contributed by atoms with Gasteiger partial charge in [-0.15, -0.1) is 0 Å². The van der Waals surface area contributed by atoms with Crippen LogP contribution in [0.3, 0.4) is 0 Å². The first kappa shape index (κ1) is 27.5. The molecule has 7 rings (SSSR count). The number of imidazole rings is 1. The van der Waals surface area contributed by atoms with Crippen molar-refractivity contribution in [2.45, 2.75) is 76.8 Å². The highest BCUT2D eigenvalue weighted by atomic mass is 16.5. The summed E-state index contributed by atoms with van der Waals surface area (Å²) in [5, 5.41) is 11.8. The van der Waals surface area contributed by atoms with E-state index in [1.54, 1.807) is 6.20 Å². The van der Waals surface area contributed by atoms with E-state index >= 15 is 0 Å². The summed E-state index contributed by atoms with van der Waals surface area (Å²) in [5.41, 5.74) is 6.67. The molecule has 0 spiro atoms. The van der Waals surface area contributed by atoms with Crippen LogP contribution in [0.5, 0.6) is 0 Å². The highest BCUT2D eigenvalue weighted by Gasteiger charge is 2.27. The normalized spacial score (nSPS) is 18.0. The molecule has 2 N–H and O–H groups in total. The number of ether oxygens (including phenoxy) is 1. The van der Waals surface area contributed by atoms with Crippen molar-refractivity contribution in [2.75, 3.05) is 13.2 Å². The van der Waals surface area contributed by atoms with Gasteiger partial charge in [-0.1, -0.05) is 50.5 Å². The fourth-order valence-corrected chi connectivity index (χ4v) is 6.04. The number of carbonyl (C=O) groups excluding carboxylic acids is 1. The van der Waals surface area contributed by atoms with Crippen molar-refractivity contribution in [1.82, 2.24) is 40.2 Å². The third-order valence-electron chi connectivity index (χ3n) is 8.45.